The summed E-state index contributed by atoms with van der Waals surface area (Å²) < 4.78 is 1.83. The predicted octanol–water partition coefficient (Wildman–Crippen LogP) is 6.20. The molecule has 1 atom stereocenters. The van der Waals surface area contributed by atoms with E-state index >= 15 is 0 Å². The summed E-state index contributed by atoms with van der Waals surface area (Å²) in [5.74, 6) is -0.211. The number of nitrogens with zero attached hydrogens (tertiary/aromatic N) is 2. The Hall–Kier alpha value is -2.97. The van der Waals surface area contributed by atoms with Crippen molar-refractivity contribution in [3.8, 4) is 0 Å². The van der Waals surface area contributed by atoms with Crippen molar-refractivity contribution in [2.24, 2.45) is 0 Å². The number of nitro groups is 1. The van der Waals surface area contributed by atoms with E-state index in [2.05, 4.69) is 37.2 Å². The number of halogens is 2. The maximum absolute atomic E-state index is 13.3. The number of benzene rings is 3. The molecule has 30 heavy (non-hydrogen) atoms. The van der Waals surface area contributed by atoms with Crippen LogP contribution in [0.5, 0.6) is 0 Å². The molecule has 150 valence electrons. The Labute approximate surface area is 189 Å². The van der Waals surface area contributed by atoms with E-state index in [4.69, 9.17) is 0 Å². The molecule has 8 heteroatoms. The van der Waals surface area contributed by atoms with Crippen LogP contribution in [-0.4, -0.2) is 10.8 Å². The SMILES string of the molecule is O=C1C(Nc2ccc(Br)cc2)=C[C@H](c2cccc([N+](=O)[O-])c2)N1c1ccc(Br)cc1. The maximum atomic E-state index is 13.3. The van der Waals surface area contributed by atoms with Crippen molar-refractivity contribution in [3.63, 3.8) is 0 Å². The van der Waals surface area contributed by atoms with E-state index in [9.17, 15) is 14.9 Å². The molecule has 0 aliphatic carbocycles. The van der Waals surface area contributed by atoms with Crippen molar-refractivity contribution in [2.45, 2.75) is 6.04 Å². The summed E-state index contributed by atoms with van der Waals surface area (Å²) in [4.78, 5) is 25.7. The molecule has 0 fully saturated rings. The molecule has 0 saturated heterocycles. The fourth-order valence-corrected chi connectivity index (χ4v) is 3.82. The van der Waals surface area contributed by atoms with Gasteiger partial charge in [0.15, 0.2) is 0 Å². The zero-order valence-corrected chi connectivity index (χ0v) is 18.6. The number of hydrogen-bond donors (Lipinski definition) is 1. The molecule has 1 heterocycles. The van der Waals surface area contributed by atoms with Crippen LogP contribution in [0.2, 0.25) is 0 Å². The Morgan fingerprint density at radius 2 is 1.57 bits per heavy atom. The van der Waals surface area contributed by atoms with Gasteiger partial charge in [-0.3, -0.25) is 19.8 Å². The highest BCUT2D eigenvalue weighted by atomic mass is 79.9. The summed E-state index contributed by atoms with van der Waals surface area (Å²) in [6.45, 7) is 0. The Balaban J connectivity index is 1.75. The Bertz CT molecular complexity index is 1150. The number of non-ortho nitro benzene ring substituents is 1. The fraction of sp³-hybridized carbons (Fsp3) is 0.0455. The first-order chi connectivity index (χ1) is 14.4. The van der Waals surface area contributed by atoms with Crippen LogP contribution in [-0.2, 0) is 4.79 Å². The molecule has 1 aliphatic rings. The first kappa shape index (κ1) is 20.3. The van der Waals surface area contributed by atoms with Gasteiger partial charge in [-0.15, -0.1) is 0 Å². The van der Waals surface area contributed by atoms with E-state index in [1.165, 1.54) is 12.1 Å². The second kappa shape index (κ2) is 8.41. The second-order valence-electron chi connectivity index (χ2n) is 6.66. The van der Waals surface area contributed by atoms with Crippen molar-refractivity contribution in [1.82, 2.24) is 0 Å². The van der Waals surface area contributed by atoms with Gasteiger partial charge in [-0.05, 0) is 60.2 Å². The number of carbonyl (C=O) groups is 1. The van der Waals surface area contributed by atoms with E-state index < -0.39 is 11.0 Å². The molecule has 3 aromatic rings. The minimum Gasteiger partial charge on any atom is -0.351 e. The number of nitrogens with one attached hydrogen (secondary N) is 1. The van der Waals surface area contributed by atoms with Crippen LogP contribution in [0.4, 0.5) is 17.1 Å². The average molecular weight is 529 g/mol. The zero-order valence-electron chi connectivity index (χ0n) is 15.5. The minimum atomic E-state index is -0.475. The molecule has 0 aromatic heterocycles. The topological polar surface area (TPSA) is 75.5 Å². The molecule has 6 nitrogen and oxygen atoms in total. The van der Waals surface area contributed by atoms with Crippen molar-refractivity contribution in [2.75, 3.05) is 10.2 Å². The summed E-state index contributed by atoms with van der Waals surface area (Å²) in [5.41, 5.74) is 2.53. The summed E-state index contributed by atoms with van der Waals surface area (Å²) in [7, 11) is 0. The first-order valence-electron chi connectivity index (χ1n) is 9.00. The van der Waals surface area contributed by atoms with Crippen LogP contribution in [0, 0.1) is 10.1 Å². The fourth-order valence-electron chi connectivity index (χ4n) is 3.29. The van der Waals surface area contributed by atoms with Crippen LogP contribution in [0.3, 0.4) is 0 Å². The lowest BCUT2D eigenvalue weighted by Gasteiger charge is -2.25. The Kier molecular flexibility index (Phi) is 5.69. The summed E-state index contributed by atoms with van der Waals surface area (Å²) in [5, 5.41) is 14.4. The quantitative estimate of drug-likeness (QED) is 0.316. The molecule has 0 radical (unpaired) electrons. The number of carbonyl (C=O) groups excluding carboxylic acids is 1. The summed E-state index contributed by atoms with van der Waals surface area (Å²) >= 11 is 6.81. The monoisotopic (exact) mass is 527 g/mol. The Morgan fingerprint density at radius 1 is 0.933 bits per heavy atom. The number of rotatable bonds is 5. The Morgan fingerprint density at radius 3 is 2.20 bits per heavy atom. The lowest BCUT2D eigenvalue weighted by Crippen LogP contribution is -2.30. The number of nitro benzene ring substituents is 1. The highest BCUT2D eigenvalue weighted by molar-refractivity contribution is 9.10. The maximum Gasteiger partial charge on any atom is 0.275 e. The summed E-state index contributed by atoms with van der Waals surface area (Å²) in [6.07, 6.45) is 1.80. The van der Waals surface area contributed by atoms with Gasteiger partial charge >= 0.3 is 0 Å². The zero-order chi connectivity index (χ0) is 21.3. The van der Waals surface area contributed by atoms with Crippen molar-refractivity contribution < 1.29 is 9.72 Å². The smallest absolute Gasteiger partial charge is 0.275 e. The van der Waals surface area contributed by atoms with E-state index in [0.717, 1.165) is 14.6 Å². The average Bonchev–Trinajstić information content (AvgIpc) is 3.06. The van der Waals surface area contributed by atoms with E-state index in [1.54, 1.807) is 23.1 Å². The molecule has 0 unspecified atom stereocenters. The number of amides is 1. The van der Waals surface area contributed by atoms with Crippen LogP contribution in [0.25, 0.3) is 0 Å². The van der Waals surface area contributed by atoms with Gasteiger partial charge in [0.1, 0.15) is 5.70 Å². The third-order valence-electron chi connectivity index (χ3n) is 4.70. The second-order valence-corrected chi connectivity index (χ2v) is 8.49. The molecule has 0 saturated carbocycles. The highest BCUT2D eigenvalue weighted by Crippen LogP contribution is 2.37. The van der Waals surface area contributed by atoms with Gasteiger partial charge in [0, 0.05) is 32.5 Å². The van der Waals surface area contributed by atoms with Gasteiger partial charge in [0.25, 0.3) is 11.6 Å². The third kappa shape index (κ3) is 4.15. The van der Waals surface area contributed by atoms with Crippen molar-refractivity contribution in [1.29, 1.82) is 0 Å². The molecular formula is C22H15Br2N3O3. The molecular weight excluding hydrogens is 514 g/mol. The normalized spacial score (nSPS) is 15.8. The van der Waals surface area contributed by atoms with Crippen LogP contribution >= 0.6 is 31.9 Å². The van der Waals surface area contributed by atoms with Gasteiger partial charge in [-0.1, -0.05) is 44.0 Å². The van der Waals surface area contributed by atoms with E-state index in [-0.39, 0.29) is 11.6 Å². The van der Waals surface area contributed by atoms with Crippen LogP contribution in [0.1, 0.15) is 11.6 Å². The number of anilines is 2. The molecule has 1 N–H and O–H groups in total. The molecule has 1 amide bonds. The molecule has 1 aliphatic heterocycles. The van der Waals surface area contributed by atoms with Gasteiger partial charge in [-0.25, -0.2) is 0 Å². The van der Waals surface area contributed by atoms with E-state index in [1.807, 2.05) is 48.5 Å². The molecule has 3 aromatic carbocycles. The minimum absolute atomic E-state index is 0.0153. The molecule has 0 spiro atoms. The number of hydrogen-bond acceptors (Lipinski definition) is 4. The summed E-state index contributed by atoms with van der Waals surface area (Å²) in [6, 6.07) is 20.8. The van der Waals surface area contributed by atoms with E-state index in [0.29, 0.717) is 16.9 Å². The molecule has 0 bridgehead atoms. The van der Waals surface area contributed by atoms with Crippen molar-refractivity contribution >= 4 is 54.8 Å². The van der Waals surface area contributed by atoms with Gasteiger partial charge in [0.2, 0.25) is 0 Å². The van der Waals surface area contributed by atoms with Crippen LogP contribution < -0.4 is 10.2 Å². The third-order valence-corrected chi connectivity index (χ3v) is 5.76. The van der Waals surface area contributed by atoms with Crippen molar-refractivity contribution in [3.05, 3.63) is 109 Å². The molecule has 4 rings (SSSR count). The largest absolute Gasteiger partial charge is 0.351 e. The standard InChI is InChI=1S/C22H15Br2N3O3/c23-15-4-8-17(9-5-15)25-20-13-21(14-2-1-3-19(12-14)27(29)30)26(22(20)28)18-10-6-16(24)7-11-18/h1-13,21,25H/t21-/m1/s1. The predicted molar refractivity (Wildman–Crippen MR) is 123 cm³/mol. The first-order valence-corrected chi connectivity index (χ1v) is 10.6. The highest BCUT2D eigenvalue weighted by Gasteiger charge is 2.35. The van der Waals surface area contributed by atoms with Gasteiger partial charge in [0.05, 0.1) is 11.0 Å². The lowest BCUT2D eigenvalue weighted by atomic mass is 10.1. The van der Waals surface area contributed by atoms with Gasteiger partial charge < -0.3 is 5.32 Å². The van der Waals surface area contributed by atoms with Gasteiger partial charge in [-0.2, -0.15) is 0 Å². The lowest BCUT2D eigenvalue weighted by molar-refractivity contribution is -0.384. The van der Waals surface area contributed by atoms with Crippen LogP contribution in [0.15, 0.2) is 93.5 Å².